The fraction of sp³-hybridized carbons (Fsp3) is 0.478. The molecule has 11 heteroatoms. The number of likely N-dealkylation sites (N-methyl/N-ethyl adjacent to an activating group) is 1. The Morgan fingerprint density at radius 1 is 1.26 bits per heavy atom. The van der Waals surface area contributed by atoms with E-state index in [0.29, 0.717) is 5.56 Å². The Balaban J connectivity index is 2.21. The molecule has 0 spiro atoms. The molecule has 0 bridgehead atoms. The lowest BCUT2D eigenvalue weighted by atomic mass is 9.61. The van der Waals surface area contributed by atoms with Crippen molar-refractivity contribution in [3.05, 3.63) is 34.6 Å². The van der Waals surface area contributed by atoms with Crippen LogP contribution < -0.4 is 11.1 Å². The molecule has 3 rings (SSSR count). The van der Waals surface area contributed by atoms with Gasteiger partial charge in [-0.1, -0.05) is 6.07 Å². The van der Waals surface area contributed by atoms with Gasteiger partial charge >= 0.3 is 0 Å². The predicted molar refractivity (Wildman–Crippen MR) is 120 cm³/mol. The third-order valence-electron chi connectivity index (χ3n) is 6.69. The molecular weight excluding hydrogens is 446 g/mol. The molecule has 0 saturated heterocycles. The van der Waals surface area contributed by atoms with Crippen LogP contribution in [0.3, 0.4) is 0 Å². The molecule has 0 aromatic heterocycles. The van der Waals surface area contributed by atoms with Crippen molar-refractivity contribution in [2.24, 2.45) is 17.6 Å². The number of hydrogen-bond donors (Lipinski definition) is 6. The van der Waals surface area contributed by atoms with Gasteiger partial charge in [-0.25, -0.2) is 0 Å². The quantitative estimate of drug-likeness (QED) is 0.226. The highest BCUT2D eigenvalue weighted by molar-refractivity contribution is 6.16. The Hall–Kier alpha value is -3.28. The molecule has 2 amide bonds. The SMILES string of the molecule is CC(=O)Nc1ccc2c(c1O)C(=O)C1=C(O)[C@](O)(C(=O)CC(N)=O)[C@H]([C@@H](CO)N(C)C)C[C@@H]1C2. The number of carbonyl (C=O) groups excluding carboxylic acids is 4. The second-order valence-electron chi connectivity index (χ2n) is 9.06. The smallest absolute Gasteiger partial charge is 0.225 e. The first-order valence-corrected chi connectivity index (χ1v) is 10.8. The largest absolute Gasteiger partial charge is 0.508 e. The van der Waals surface area contributed by atoms with E-state index >= 15 is 0 Å². The third-order valence-corrected chi connectivity index (χ3v) is 6.69. The molecule has 0 aliphatic heterocycles. The van der Waals surface area contributed by atoms with Crippen LogP contribution in [0.4, 0.5) is 5.69 Å². The molecule has 1 aromatic rings. The number of ketones is 2. The van der Waals surface area contributed by atoms with Crippen LogP contribution in [0.2, 0.25) is 0 Å². The number of allylic oxidation sites excluding steroid dienone is 1. The number of rotatable bonds is 7. The Bertz CT molecular complexity index is 1100. The van der Waals surface area contributed by atoms with Gasteiger partial charge in [-0.15, -0.1) is 0 Å². The van der Waals surface area contributed by atoms with Gasteiger partial charge in [0.05, 0.1) is 24.3 Å². The molecule has 11 nitrogen and oxygen atoms in total. The van der Waals surface area contributed by atoms with Gasteiger partial charge in [0.2, 0.25) is 11.8 Å². The lowest BCUT2D eigenvalue weighted by Gasteiger charge is -2.47. The summed E-state index contributed by atoms with van der Waals surface area (Å²) in [5, 5.41) is 45.8. The van der Waals surface area contributed by atoms with E-state index in [-0.39, 0.29) is 29.7 Å². The second kappa shape index (κ2) is 9.16. The molecule has 0 radical (unpaired) electrons. The summed E-state index contributed by atoms with van der Waals surface area (Å²) in [7, 11) is 3.25. The molecule has 2 aliphatic rings. The summed E-state index contributed by atoms with van der Waals surface area (Å²) in [6.45, 7) is 0.768. The Labute approximate surface area is 195 Å². The number of carbonyl (C=O) groups is 4. The van der Waals surface area contributed by atoms with Crippen LogP contribution in [0, 0.1) is 11.8 Å². The van der Waals surface area contributed by atoms with Gasteiger partial charge in [0.15, 0.2) is 22.9 Å². The standard InChI is InChI=1S/C23H29N3O8/c1-10(28)25-14-5-4-11-6-12-7-13(15(9-27)26(2)3)23(34,16(29)8-17(24)30)22(33)19(12)21(32)18(11)20(14)31/h4-5,12-13,15,27,31,33-34H,6-9H2,1-3H3,(H2,24,30)(H,25,28)/t12-,13-,15+,23+/m0/s1. The summed E-state index contributed by atoms with van der Waals surface area (Å²) < 4.78 is 0. The molecule has 7 N–H and O–H groups in total. The minimum absolute atomic E-state index is 0.000144. The molecular formula is C23H29N3O8. The van der Waals surface area contributed by atoms with Gasteiger partial charge in [-0.3, -0.25) is 19.2 Å². The third kappa shape index (κ3) is 4.06. The summed E-state index contributed by atoms with van der Waals surface area (Å²) in [5.41, 5.74) is 2.56. The van der Waals surface area contributed by atoms with E-state index in [1.165, 1.54) is 13.0 Å². The van der Waals surface area contributed by atoms with Crippen molar-refractivity contribution in [2.75, 3.05) is 26.0 Å². The molecule has 184 valence electrons. The zero-order valence-corrected chi connectivity index (χ0v) is 19.2. The molecule has 34 heavy (non-hydrogen) atoms. The van der Waals surface area contributed by atoms with Crippen LogP contribution in [0.15, 0.2) is 23.5 Å². The Morgan fingerprint density at radius 3 is 2.44 bits per heavy atom. The number of hydrogen-bond acceptors (Lipinski definition) is 9. The number of aromatic hydroxyl groups is 1. The minimum Gasteiger partial charge on any atom is -0.508 e. The summed E-state index contributed by atoms with van der Waals surface area (Å²) in [6, 6.07) is 2.24. The normalized spacial score (nSPS) is 24.9. The average Bonchev–Trinajstić information content (AvgIpc) is 2.72. The van der Waals surface area contributed by atoms with Crippen molar-refractivity contribution in [2.45, 2.75) is 37.8 Å². The maximum Gasteiger partial charge on any atom is 0.225 e. The van der Waals surface area contributed by atoms with Crippen LogP contribution in [0.1, 0.15) is 35.7 Å². The van der Waals surface area contributed by atoms with Crippen LogP contribution in [0.5, 0.6) is 5.75 Å². The maximum atomic E-state index is 13.5. The predicted octanol–water partition coefficient (Wildman–Crippen LogP) is -0.364. The minimum atomic E-state index is -2.66. The molecule has 0 heterocycles. The number of benzene rings is 1. The fourth-order valence-corrected chi connectivity index (χ4v) is 5.11. The number of phenols is 1. The van der Waals surface area contributed by atoms with Gasteiger partial charge in [-0.05, 0) is 44.5 Å². The summed E-state index contributed by atoms with van der Waals surface area (Å²) >= 11 is 0. The number of nitrogens with two attached hydrogens (primary N) is 1. The van der Waals surface area contributed by atoms with Gasteiger partial charge < -0.3 is 36.4 Å². The van der Waals surface area contributed by atoms with E-state index in [0.717, 1.165) is 0 Å². The number of aliphatic hydroxyl groups is 3. The first-order valence-electron chi connectivity index (χ1n) is 10.8. The van der Waals surface area contributed by atoms with Crippen molar-refractivity contribution in [3.63, 3.8) is 0 Å². The van der Waals surface area contributed by atoms with Crippen LogP contribution in [-0.4, -0.2) is 81.1 Å². The first kappa shape index (κ1) is 25.3. The van der Waals surface area contributed by atoms with Gasteiger partial charge in [0.25, 0.3) is 0 Å². The molecule has 4 atom stereocenters. The van der Waals surface area contributed by atoms with Crippen LogP contribution in [0.25, 0.3) is 0 Å². The van der Waals surface area contributed by atoms with Gasteiger partial charge in [0.1, 0.15) is 5.76 Å². The number of anilines is 1. The number of phenolic OH excluding ortho intramolecular Hbond substituents is 1. The van der Waals surface area contributed by atoms with Crippen molar-refractivity contribution < 1.29 is 39.6 Å². The number of nitrogens with one attached hydrogen (secondary N) is 1. The molecule has 0 unspecified atom stereocenters. The van der Waals surface area contributed by atoms with Gasteiger partial charge in [0, 0.05) is 24.5 Å². The van der Waals surface area contributed by atoms with Crippen molar-refractivity contribution in [3.8, 4) is 5.75 Å². The number of amides is 2. The Kier molecular flexibility index (Phi) is 6.83. The number of primary amides is 1. The zero-order chi connectivity index (χ0) is 25.5. The fourth-order valence-electron chi connectivity index (χ4n) is 5.11. The Morgan fingerprint density at radius 2 is 1.91 bits per heavy atom. The van der Waals surface area contributed by atoms with Crippen molar-refractivity contribution in [1.29, 1.82) is 0 Å². The first-order chi connectivity index (χ1) is 15.8. The molecule has 0 fully saturated rings. The summed E-state index contributed by atoms with van der Waals surface area (Å²) in [6.07, 6.45) is -0.664. The lowest BCUT2D eigenvalue weighted by molar-refractivity contribution is -0.151. The van der Waals surface area contributed by atoms with Gasteiger partial charge in [-0.2, -0.15) is 0 Å². The highest BCUT2D eigenvalue weighted by Gasteiger charge is 2.58. The van der Waals surface area contributed by atoms with Crippen molar-refractivity contribution >= 4 is 29.1 Å². The number of Topliss-reactive ketones (excluding diaryl/α,β-unsaturated/α-hetero) is 2. The topological polar surface area (TPSA) is 190 Å². The van der Waals surface area contributed by atoms with E-state index in [1.54, 1.807) is 25.1 Å². The number of nitrogens with zero attached hydrogens (tertiary/aromatic N) is 1. The summed E-state index contributed by atoms with van der Waals surface area (Å²) in [4.78, 5) is 51.0. The molecule has 2 aliphatic carbocycles. The van der Waals surface area contributed by atoms with E-state index in [1.807, 2.05) is 0 Å². The van der Waals surface area contributed by atoms with E-state index in [9.17, 15) is 39.6 Å². The average molecular weight is 475 g/mol. The zero-order valence-electron chi connectivity index (χ0n) is 19.2. The second-order valence-corrected chi connectivity index (χ2v) is 9.06. The maximum absolute atomic E-state index is 13.5. The lowest BCUT2D eigenvalue weighted by Crippen LogP contribution is -2.60. The number of fused-ring (bicyclic) bond motifs is 2. The summed E-state index contributed by atoms with van der Waals surface area (Å²) in [5.74, 6) is -6.50. The number of aliphatic hydroxyl groups excluding tert-OH is 2. The van der Waals surface area contributed by atoms with E-state index < -0.39 is 71.4 Å². The monoisotopic (exact) mass is 475 g/mol. The highest BCUT2D eigenvalue weighted by atomic mass is 16.3. The highest BCUT2D eigenvalue weighted by Crippen LogP contribution is 2.49. The van der Waals surface area contributed by atoms with E-state index in [2.05, 4.69) is 5.32 Å². The van der Waals surface area contributed by atoms with E-state index in [4.69, 9.17) is 5.73 Å². The molecule has 0 saturated carbocycles. The van der Waals surface area contributed by atoms with Crippen LogP contribution in [-0.2, 0) is 20.8 Å². The van der Waals surface area contributed by atoms with Crippen LogP contribution >= 0.6 is 0 Å². The van der Waals surface area contributed by atoms with Crippen molar-refractivity contribution in [1.82, 2.24) is 4.90 Å². The molecule has 1 aromatic carbocycles.